The van der Waals surface area contributed by atoms with Crippen LogP contribution in [0.4, 0.5) is 10.2 Å². The topological polar surface area (TPSA) is 103 Å². The van der Waals surface area contributed by atoms with Gasteiger partial charge in [-0.3, -0.25) is 4.79 Å². The summed E-state index contributed by atoms with van der Waals surface area (Å²) in [5.74, 6) is 0.0839. The number of anilines is 1. The van der Waals surface area contributed by atoms with Crippen LogP contribution < -0.4 is 9.64 Å². The number of nitrogens with zero attached hydrogens (tertiary/aromatic N) is 5. The van der Waals surface area contributed by atoms with Gasteiger partial charge in [0.1, 0.15) is 17.9 Å². The zero-order valence-corrected chi connectivity index (χ0v) is 19.1. The third kappa shape index (κ3) is 4.01. The number of ether oxygens (including phenoxy) is 1. The molecule has 1 aromatic heterocycles. The number of carbonyl (C=O) groups is 1. The van der Waals surface area contributed by atoms with Crippen molar-refractivity contribution in [3.63, 3.8) is 0 Å². The quantitative estimate of drug-likeness (QED) is 0.578. The van der Waals surface area contributed by atoms with E-state index < -0.39 is 11.6 Å². The summed E-state index contributed by atoms with van der Waals surface area (Å²) >= 11 is 0. The van der Waals surface area contributed by atoms with Crippen LogP contribution >= 0.6 is 0 Å². The van der Waals surface area contributed by atoms with Crippen molar-refractivity contribution in [1.82, 2.24) is 14.9 Å². The van der Waals surface area contributed by atoms with Gasteiger partial charge in [-0.15, -0.1) is 0 Å². The minimum atomic E-state index is -0.688. The van der Waals surface area contributed by atoms with Crippen molar-refractivity contribution in [2.45, 2.75) is 25.3 Å². The van der Waals surface area contributed by atoms with E-state index in [2.05, 4.69) is 27.5 Å². The molecule has 2 aliphatic rings. The first-order valence-corrected chi connectivity index (χ1v) is 11.5. The van der Waals surface area contributed by atoms with Crippen LogP contribution in [0.15, 0.2) is 43.2 Å². The van der Waals surface area contributed by atoms with Gasteiger partial charge in [-0.1, -0.05) is 12.6 Å². The highest BCUT2D eigenvalue weighted by molar-refractivity contribution is 6.00. The molecule has 3 heterocycles. The summed E-state index contributed by atoms with van der Waals surface area (Å²) in [7, 11) is 0. The van der Waals surface area contributed by atoms with Crippen molar-refractivity contribution < 1.29 is 19.0 Å². The molecule has 1 unspecified atom stereocenters. The second kappa shape index (κ2) is 9.22. The number of carbonyl (C=O) groups excluding carboxylic acids is 1. The van der Waals surface area contributed by atoms with Crippen LogP contribution in [0.3, 0.4) is 0 Å². The lowest BCUT2D eigenvalue weighted by Gasteiger charge is -2.41. The van der Waals surface area contributed by atoms with Crippen LogP contribution in [-0.2, 0) is 11.2 Å². The van der Waals surface area contributed by atoms with E-state index in [4.69, 9.17) is 4.74 Å². The van der Waals surface area contributed by atoms with E-state index in [1.807, 2.05) is 6.07 Å². The number of piperazine rings is 1. The second-order valence-corrected chi connectivity index (χ2v) is 8.64. The number of benzene rings is 2. The number of phenolic OH excluding ortho intramolecular Hbond substituents is 1. The Morgan fingerprint density at radius 2 is 2.20 bits per heavy atom. The zero-order valence-electron chi connectivity index (χ0n) is 19.1. The number of amides is 1. The monoisotopic (exact) mass is 473 g/mol. The third-order valence-electron chi connectivity index (χ3n) is 6.61. The molecule has 9 heteroatoms. The molecule has 8 nitrogen and oxygen atoms in total. The Kier molecular flexibility index (Phi) is 5.95. The van der Waals surface area contributed by atoms with E-state index in [0.717, 1.165) is 29.4 Å². The molecule has 1 amide bonds. The summed E-state index contributed by atoms with van der Waals surface area (Å²) in [4.78, 5) is 25.1. The van der Waals surface area contributed by atoms with Gasteiger partial charge in [0.05, 0.1) is 36.0 Å². The Morgan fingerprint density at radius 3 is 2.97 bits per heavy atom. The van der Waals surface area contributed by atoms with E-state index >= 15 is 0 Å². The lowest BCUT2D eigenvalue weighted by atomic mass is 9.92. The number of rotatable bonds is 4. The van der Waals surface area contributed by atoms with E-state index in [9.17, 15) is 19.6 Å². The van der Waals surface area contributed by atoms with Crippen LogP contribution in [0, 0.1) is 17.1 Å². The summed E-state index contributed by atoms with van der Waals surface area (Å²) in [5.41, 5.74) is 3.04. The van der Waals surface area contributed by atoms with Crippen molar-refractivity contribution in [2.75, 3.05) is 31.1 Å². The largest absolute Gasteiger partial charge is 0.505 e. The first kappa shape index (κ1) is 22.6. The fourth-order valence-electron chi connectivity index (χ4n) is 4.95. The molecule has 0 spiro atoms. The number of fused-ring (bicyclic) bond motifs is 3. The maximum Gasteiger partial charge on any atom is 0.246 e. The van der Waals surface area contributed by atoms with Gasteiger partial charge >= 0.3 is 0 Å². The molecular formula is C26H24FN5O3. The maximum atomic E-state index is 14.2. The number of halogens is 1. The molecule has 178 valence electrons. The van der Waals surface area contributed by atoms with Crippen LogP contribution in [0.1, 0.15) is 18.4 Å². The normalized spacial score (nSPS) is 17.4. The summed E-state index contributed by atoms with van der Waals surface area (Å²) in [5, 5.41) is 19.7. The fourth-order valence-corrected chi connectivity index (χ4v) is 4.95. The van der Waals surface area contributed by atoms with E-state index in [1.54, 1.807) is 11.0 Å². The third-order valence-corrected chi connectivity index (χ3v) is 6.61. The Balaban J connectivity index is 1.62. The van der Waals surface area contributed by atoms with E-state index in [1.165, 1.54) is 24.5 Å². The molecule has 0 aliphatic carbocycles. The molecule has 1 N–H and O–H groups in total. The molecule has 0 radical (unpaired) electrons. The van der Waals surface area contributed by atoms with Crippen molar-refractivity contribution in [3.05, 3.63) is 54.6 Å². The predicted molar refractivity (Wildman–Crippen MR) is 129 cm³/mol. The van der Waals surface area contributed by atoms with Crippen molar-refractivity contribution >= 4 is 22.6 Å². The van der Waals surface area contributed by atoms with Gasteiger partial charge in [0.15, 0.2) is 11.6 Å². The van der Waals surface area contributed by atoms with Gasteiger partial charge in [0.2, 0.25) is 5.91 Å². The van der Waals surface area contributed by atoms with Crippen molar-refractivity contribution in [1.29, 1.82) is 5.26 Å². The first-order valence-electron chi connectivity index (χ1n) is 11.5. The van der Waals surface area contributed by atoms with Gasteiger partial charge in [0, 0.05) is 25.2 Å². The lowest BCUT2D eigenvalue weighted by Crippen LogP contribution is -2.55. The Bertz CT molecular complexity index is 1370. The predicted octanol–water partition coefficient (Wildman–Crippen LogP) is 3.58. The number of hydrogen-bond acceptors (Lipinski definition) is 7. The van der Waals surface area contributed by atoms with Gasteiger partial charge in [0.25, 0.3) is 0 Å². The van der Waals surface area contributed by atoms with Crippen LogP contribution in [0.25, 0.3) is 22.0 Å². The van der Waals surface area contributed by atoms with Gasteiger partial charge in [-0.25, -0.2) is 14.4 Å². The van der Waals surface area contributed by atoms with Crippen LogP contribution in [0.5, 0.6) is 11.5 Å². The van der Waals surface area contributed by atoms with Crippen molar-refractivity contribution in [3.8, 4) is 28.7 Å². The number of aromatic nitrogens is 2. The molecule has 1 saturated heterocycles. The van der Waals surface area contributed by atoms with Gasteiger partial charge < -0.3 is 19.6 Å². The molecule has 2 aliphatic heterocycles. The van der Waals surface area contributed by atoms with Gasteiger partial charge in [-0.05, 0) is 48.2 Å². The smallest absolute Gasteiger partial charge is 0.246 e. The molecule has 0 bridgehead atoms. The number of phenols is 1. The summed E-state index contributed by atoms with van der Waals surface area (Å²) in [6, 6.07) is 8.13. The van der Waals surface area contributed by atoms with Crippen LogP contribution in [0.2, 0.25) is 0 Å². The highest BCUT2D eigenvalue weighted by Crippen LogP contribution is 2.43. The lowest BCUT2D eigenvalue weighted by molar-refractivity contribution is -0.128. The van der Waals surface area contributed by atoms with Gasteiger partial charge in [-0.2, -0.15) is 5.26 Å². The van der Waals surface area contributed by atoms with E-state index in [-0.39, 0.29) is 18.4 Å². The highest BCUT2D eigenvalue weighted by Gasteiger charge is 2.32. The summed E-state index contributed by atoms with van der Waals surface area (Å²) in [6.45, 7) is 5.54. The van der Waals surface area contributed by atoms with E-state index in [0.29, 0.717) is 48.9 Å². The second-order valence-electron chi connectivity index (χ2n) is 8.64. The fraction of sp³-hybridized carbons (Fsp3) is 0.308. The SMILES string of the molecule is C=CC(=O)N1CCN(c2ncnc3cc(-c4ccc(O)c(F)c4)c4c(c23)OCCC4)CC1CC#N. The molecule has 1 fully saturated rings. The minimum Gasteiger partial charge on any atom is -0.505 e. The molecule has 2 aromatic carbocycles. The maximum absolute atomic E-state index is 14.2. The molecule has 3 aromatic rings. The molecule has 5 rings (SSSR count). The van der Waals surface area contributed by atoms with Crippen molar-refractivity contribution in [2.24, 2.45) is 0 Å². The molecule has 35 heavy (non-hydrogen) atoms. The average Bonchev–Trinajstić information content (AvgIpc) is 2.89. The number of aromatic hydroxyl groups is 1. The zero-order chi connectivity index (χ0) is 24.5. The Labute approximate surface area is 201 Å². The number of nitriles is 1. The number of hydrogen-bond donors (Lipinski definition) is 1. The van der Waals surface area contributed by atoms with Crippen LogP contribution in [-0.4, -0.2) is 58.2 Å². The Morgan fingerprint density at radius 1 is 1.34 bits per heavy atom. The summed E-state index contributed by atoms with van der Waals surface area (Å²) < 4.78 is 20.3. The first-order chi connectivity index (χ1) is 17.0. The Hall–Kier alpha value is -4.19. The highest BCUT2D eigenvalue weighted by atomic mass is 19.1. The molecule has 0 saturated carbocycles. The standard InChI is InChI=1S/C26H24FN5O3/c1-2-23(34)32-10-9-31(14-17(32)7-8-28)26-24-21(29-15-30-26)13-19(18-4-3-11-35-25(18)24)16-5-6-22(33)20(27)12-16/h2,5-6,12-13,15,17,33H,1,3-4,7,9-11,14H2. The molecule has 1 atom stereocenters. The summed E-state index contributed by atoms with van der Waals surface area (Å²) in [6.07, 6.45) is 4.52. The molecular weight excluding hydrogens is 449 g/mol. The average molecular weight is 474 g/mol. The minimum absolute atomic E-state index is 0.191.